The largest absolute Gasteiger partial charge is 0.375 e. The number of ketones is 1. The monoisotopic (exact) mass is 493 g/mol. The molecule has 1 fully saturated rings. The van der Waals surface area contributed by atoms with E-state index in [0.717, 1.165) is 16.7 Å². The van der Waals surface area contributed by atoms with Crippen LogP contribution in [0.25, 0.3) is 0 Å². The lowest BCUT2D eigenvalue weighted by atomic mass is 9.83. The van der Waals surface area contributed by atoms with Crippen molar-refractivity contribution in [2.24, 2.45) is 0 Å². The fraction of sp³-hybridized carbons (Fsp3) is 0.345. The van der Waals surface area contributed by atoms with Crippen LogP contribution in [0.15, 0.2) is 91.0 Å². The van der Waals surface area contributed by atoms with Gasteiger partial charge in [0, 0.05) is 1.37 Å². The standard InChI is InChI=1S/C29H32O7/c1-21(30)29(32)27(35-19-24-15-9-4-10-16-24)26(34-18-23-13-7-3-8-14-23)25(36-28(29)31)20-33-17-22-11-5-2-6-12-22/h2-16,25-28,31-32H,17-20H2,1H3/t25-,26-,27+,28?,29-/m1/s1/i1D. The first kappa shape index (κ1) is 24.8. The van der Waals surface area contributed by atoms with Gasteiger partial charge in [-0.2, -0.15) is 0 Å². The average Bonchev–Trinajstić information content (AvgIpc) is 2.94. The van der Waals surface area contributed by atoms with Gasteiger partial charge in [-0.1, -0.05) is 91.0 Å². The number of aliphatic hydroxyl groups excluding tert-OH is 1. The van der Waals surface area contributed by atoms with Crippen molar-refractivity contribution in [2.75, 3.05) is 6.61 Å². The molecular weight excluding hydrogens is 460 g/mol. The van der Waals surface area contributed by atoms with E-state index in [1.165, 1.54) is 0 Å². The summed E-state index contributed by atoms with van der Waals surface area (Å²) < 4.78 is 31.5. The first-order chi connectivity index (χ1) is 18.0. The molecule has 3 aromatic carbocycles. The van der Waals surface area contributed by atoms with Gasteiger partial charge in [0.15, 0.2) is 12.1 Å². The molecule has 1 aliphatic rings. The summed E-state index contributed by atoms with van der Waals surface area (Å²) in [7, 11) is 0. The van der Waals surface area contributed by atoms with Gasteiger partial charge in [-0.05, 0) is 23.6 Å². The van der Waals surface area contributed by atoms with Crippen LogP contribution in [-0.2, 0) is 43.6 Å². The topological polar surface area (TPSA) is 94.5 Å². The number of carbonyl (C=O) groups excluding carboxylic acids is 1. The lowest BCUT2D eigenvalue weighted by Crippen LogP contribution is -2.70. The lowest BCUT2D eigenvalue weighted by Gasteiger charge is -2.48. The van der Waals surface area contributed by atoms with Crippen LogP contribution < -0.4 is 0 Å². The Morgan fingerprint density at radius 2 is 1.36 bits per heavy atom. The van der Waals surface area contributed by atoms with Gasteiger partial charge in [0.2, 0.25) is 5.60 Å². The Kier molecular flexibility index (Phi) is 8.51. The highest BCUT2D eigenvalue weighted by Gasteiger charge is 2.59. The van der Waals surface area contributed by atoms with Gasteiger partial charge < -0.3 is 29.2 Å². The lowest BCUT2D eigenvalue weighted by molar-refractivity contribution is -0.333. The third-order valence-corrected chi connectivity index (χ3v) is 6.18. The Morgan fingerprint density at radius 1 is 0.861 bits per heavy atom. The second-order valence-electron chi connectivity index (χ2n) is 8.75. The third-order valence-electron chi connectivity index (χ3n) is 6.18. The first-order valence-corrected chi connectivity index (χ1v) is 11.8. The number of aliphatic hydroxyl groups is 2. The van der Waals surface area contributed by atoms with Crippen LogP contribution in [-0.4, -0.2) is 52.8 Å². The number of benzene rings is 3. The van der Waals surface area contributed by atoms with Gasteiger partial charge in [-0.15, -0.1) is 0 Å². The maximum Gasteiger partial charge on any atom is 0.202 e. The molecule has 36 heavy (non-hydrogen) atoms. The summed E-state index contributed by atoms with van der Waals surface area (Å²) in [6.07, 6.45) is -5.08. The van der Waals surface area contributed by atoms with Crippen LogP contribution in [0.4, 0.5) is 0 Å². The number of hydrogen-bond donors (Lipinski definition) is 2. The number of carbonyl (C=O) groups is 1. The average molecular weight is 494 g/mol. The molecule has 7 heteroatoms. The normalized spacial score (nSPS) is 26.3. The van der Waals surface area contributed by atoms with Crippen molar-refractivity contribution >= 4 is 5.78 Å². The van der Waals surface area contributed by atoms with E-state index >= 15 is 0 Å². The van der Waals surface area contributed by atoms with E-state index in [-0.39, 0.29) is 19.8 Å². The molecule has 0 amide bonds. The van der Waals surface area contributed by atoms with Crippen molar-refractivity contribution in [2.45, 2.75) is 56.9 Å². The van der Waals surface area contributed by atoms with Gasteiger partial charge in [0.1, 0.15) is 18.3 Å². The van der Waals surface area contributed by atoms with Crippen molar-refractivity contribution in [1.82, 2.24) is 0 Å². The number of rotatable bonds is 11. The van der Waals surface area contributed by atoms with Crippen LogP contribution in [0.5, 0.6) is 0 Å². The molecule has 0 aromatic heterocycles. The van der Waals surface area contributed by atoms with Gasteiger partial charge in [0.05, 0.1) is 26.4 Å². The fourth-order valence-corrected chi connectivity index (χ4v) is 4.17. The molecule has 2 N–H and O–H groups in total. The molecule has 190 valence electrons. The van der Waals surface area contributed by atoms with E-state index in [9.17, 15) is 15.0 Å². The molecule has 0 bridgehead atoms. The van der Waals surface area contributed by atoms with Gasteiger partial charge in [0.25, 0.3) is 0 Å². The van der Waals surface area contributed by atoms with E-state index in [1.807, 2.05) is 91.0 Å². The summed E-state index contributed by atoms with van der Waals surface area (Å²) in [4.78, 5) is 12.8. The number of Topliss-reactive ketones (excluding diaryl/α,β-unsaturated/α-hetero) is 1. The molecule has 3 aromatic rings. The Morgan fingerprint density at radius 3 is 1.89 bits per heavy atom. The minimum Gasteiger partial charge on any atom is -0.375 e. The number of hydrogen-bond acceptors (Lipinski definition) is 7. The van der Waals surface area contributed by atoms with E-state index in [0.29, 0.717) is 6.61 Å². The molecule has 4 rings (SSSR count). The molecule has 1 heterocycles. The molecule has 0 radical (unpaired) electrons. The molecule has 7 nitrogen and oxygen atoms in total. The van der Waals surface area contributed by atoms with Crippen LogP contribution in [0.3, 0.4) is 0 Å². The maximum atomic E-state index is 12.8. The Balaban J connectivity index is 1.59. The van der Waals surface area contributed by atoms with Crippen molar-refractivity contribution < 1.29 is 35.3 Å². The predicted molar refractivity (Wildman–Crippen MR) is 133 cm³/mol. The van der Waals surface area contributed by atoms with Crippen molar-refractivity contribution in [3.63, 3.8) is 0 Å². The first-order valence-electron chi connectivity index (χ1n) is 12.5. The number of ether oxygens (including phenoxy) is 4. The second kappa shape index (κ2) is 12.4. The quantitative estimate of drug-likeness (QED) is 0.423. The smallest absolute Gasteiger partial charge is 0.202 e. The summed E-state index contributed by atoms with van der Waals surface area (Å²) in [5, 5.41) is 22.3. The molecule has 0 aliphatic carbocycles. The SMILES string of the molecule is [2H]CC(=O)[C@]1(O)C(O)O[C@H](COCc2ccccc2)[C@@H](OCc2ccccc2)[C@@H]1OCc1ccccc1. The van der Waals surface area contributed by atoms with Crippen LogP contribution in [0.1, 0.15) is 25.0 Å². The summed E-state index contributed by atoms with van der Waals surface area (Å²) in [6, 6.07) is 28.3. The molecule has 5 atom stereocenters. The summed E-state index contributed by atoms with van der Waals surface area (Å²) >= 11 is 0. The van der Waals surface area contributed by atoms with Crippen molar-refractivity contribution in [3.8, 4) is 0 Å². The van der Waals surface area contributed by atoms with Gasteiger partial charge in [-0.3, -0.25) is 4.79 Å². The Hall–Kier alpha value is -2.91. The highest BCUT2D eigenvalue weighted by molar-refractivity contribution is 5.86. The van der Waals surface area contributed by atoms with Crippen LogP contribution in [0, 0.1) is 0 Å². The zero-order valence-electron chi connectivity index (χ0n) is 20.9. The van der Waals surface area contributed by atoms with Gasteiger partial charge >= 0.3 is 0 Å². The van der Waals surface area contributed by atoms with Gasteiger partial charge in [-0.25, -0.2) is 0 Å². The summed E-state index contributed by atoms with van der Waals surface area (Å²) in [5.41, 5.74) is 0.143. The van der Waals surface area contributed by atoms with Crippen molar-refractivity contribution in [1.29, 1.82) is 0 Å². The zero-order chi connectivity index (χ0) is 26.1. The second-order valence-corrected chi connectivity index (χ2v) is 8.75. The molecule has 1 unspecified atom stereocenters. The Labute approximate surface area is 212 Å². The van der Waals surface area contributed by atoms with E-state index in [1.54, 1.807) is 0 Å². The van der Waals surface area contributed by atoms with E-state index in [2.05, 4.69) is 0 Å². The third kappa shape index (κ3) is 6.25. The Bertz CT molecular complexity index is 1100. The van der Waals surface area contributed by atoms with Crippen LogP contribution >= 0.6 is 0 Å². The minimum atomic E-state index is -2.49. The molecule has 0 saturated carbocycles. The van der Waals surface area contributed by atoms with E-state index < -0.39 is 42.9 Å². The zero-order valence-corrected chi connectivity index (χ0v) is 19.9. The summed E-state index contributed by atoms with van der Waals surface area (Å²) in [5.74, 6) is -0.921. The predicted octanol–water partition coefficient (Wildman–Crippen LogP) is 3.41. The van der Waals surface area contributed by atoms with E-state index in [4.69, 9.17) is 20.3 Å². The fourth-order valence-electron chi connectivity index (χ4n) is 4.17. The maximum absolute atomic E-state index is 12.8. The highest BCUT2D eigenvalue weighted by Crippen LogP contribution is 2.35. The molecule has 0 spiro atoms. The van der Waals surface area contributed by atoms with Crippen LogP contribution in [0.2, 0.25) is 0 Å². The summed E-state index contributed by atoms with van der Waals surface area (Å²) in [6.45, 7) is -0.247. The minimum absolute atomic E-state index is 0.0156. The highest BCUT2D eigenvalue weighted by atomic mass is 16.7. The van der Waals surface area contributed by atoms with Crippen molar-refractivity contribution in [3.05, 3.63) is 108 Å². The molecule has 1 aliphatic heterocycles. The molecule has 1 saturated heterocycles. The molecular formula is C29H32O7.